The number of hydrogen-bond donors (Lipinski definition) is 1. The van der Waals surface area contributed by atoms with E-state index in [1.54, 1.807) is 6.92 Å². The summed E-state index contributed by atoms with van der Waals surface area (Å²) in [7, 11) is 4.02. The summed E-state index contributed by atoms with van der Waals surface area (Å²) in [5.41, 5.74) is 0.111. The van der Waals surface area contributed by atoms with Gasteiger partial charge in [0.15, 0.2) is 16.6 Å². The zero-order valence-corrected chi connectivity index (χ0v) is 13.2. The number of thiazole rings is 1. The smallest absolute Gasteiger partial charge is 0.358 e. The van der Waals surface area contributed by atoms with Gasteiger partial charge in [-0.15, -0.1) is 0 Å². The third-order valence-electron chi connectivity index (χ3n) is 2.47. The normalized spacial score (nSPS) is 10.7. The number of nitrogens with one attached hydrogen (secondary N) is 1. The summed E-state index contributed by atoms with van der Waals surface area (Å²) >= 11 is 1.19. The molecule has 0 bridgehead atoms. The van der Waals surface area contributed by atoms with Gasteiger partial charge in [-0.05, 0) is 34.0 Å². The number of esters is 1. The summed E-state index contributed by atoms with van der Waals surface area (Å²) in [6.07, 6.45) is 0.955. The van der Waals surface area contributed by atoms with Crippen molar-refractivity contribution >= 4 is 28.2 Å². The Hall–Kier alpha value is -1.47. The van der Waals surface area contributed by atoms with Crippen molar-refractivity contribution < 1.29 is 14.3 Å². The number of ether oxygens (including phenoxy) is 1. The maximum absolute atomic E-state index is 11.7. The molecule has 0 radical (unpaired) electrons. The molecule has 20 heavy (non-hydrogen) atoms. The molecule has 0 aromatic carbocycles. The van der Waals surface area contributed by atoms with E-state index in [1.165, 1.54) is 18.3 Å². The van der Waals surface area contributed by atoms with E-state index < -0.39 is 5.97 Å². The molecule has 0 aliphatic carbocycles. The fourth-order valence-electron chi connectivity index (χ4n) is 1.56. The van der Waals surface area contributed by atoms with Crippen molar-refractivity contribution in [1.29, 1.82) is 0 Å². The number of nitrogens with zero attached hydrogens (tertiary/aromatic N) is 2. The molecule has 0 saturated carbocycles. The summed E-state index contributed by atoms with van der Waals surface area (Å²) < 4.78 is 4.91. The van der Waals surface area contributed by atoms with Crippen molar-refractivity contribution in [3.8, 4) is 0 Å². The van der Waals surface area contributed by atoms with Gasteiger partial charge in [0.2, 0.25) is 0 Å². The van der Waals surface area contributed by atoms with Crippen LogP contribution in [0.1, 0.15) is 40.4 Å². The van der Waals surface area contributed by atoms with E-state index >= 15 is 0 Å². The Morgan fingerprint density at radius 1 is 1.40 bits per heavy atom. The number of anilines is 1. The van der Waals surface area contributed by atoms with Gasteiger partial charge in [-0.25, -0.2) is 9.78 Å². The predicted octanol–water partition coefficient (Wildman–Crippen LogP) is 1.89. The zero-order valence-electron chi connectivity index (χ0n) is 12.4. The van der Waals surface area contributed by atoms with Crippen molar-refractivity contribution in [2.75, 3.05) is 39.1 Å². The lowest BCUT2D eigenvalue weighted by Gasteiger charge is -2.08. The molecule has 1 aromatic heterocycles. The van der Waals surface area contributed by atoms with Crippen LogP contribution in [0.2, 0.25) is 0 Å². The van der Waals surface area contributed by atoms with Crippen LogP contribution in [0.25, 0.3) is 0 Å². The molecular weight excluding hydrogens is 278 g/mol. The minimum Gasteiger partial charge on any atom is -0.461 e. The van der Waals surface area contributed by atoms with E-state index in [2.05, 4.69) is 15.2 Å². The highest BCUT2D eigenvalue weighted by Crippen LogP contribution is 2.24. The first-order valence-electron chi connectivity index (χ1n) is 6.53. The fourth-order valence-corrected chi connectivity index (χ4v) is 2.44. The highest BCUT2D eigenvalue weighted by atomic mass is 32.1. The van der Waals surface area contributed by atoms with Gasteiger partial charge in [0.1, 0.15) is 4.88 Å². The molecule has 112 valence electrons. The van der Waals surface area contributed by atoms with Crippen LogP contribution in [0, 0.1) is 0 Å². The number of aromatic nitrogens is 1. The topological polar surface area (TPSA) is 71.5 Å². The van der Waals surface area contributed by atoms with Crippen LogP contribution in [0.3, 0.4) is 0 Å². The van der Waals surface area contributed by atoms with Crippen LogP contribution in [-0.4, -0.2) is 55.4 Å². The van der Waals surface area contributed by atoms with Gasteiger partial charge in [0.05, 0.1) is 6.61 Å². The first-order valence-corrected chi connectivity index (χ1v) is 7.34. The lowest BCUT2D eigenvalue weighted by molar-refractivity contribution is 0.0517. The molecule has 0 aliphatic rings. The molecule has 0 fully saturated rings. The summed E-state index contributed by atoms with van der Waals surface area (Å²) in [4.78, 5) is 29.9. The maximum atomic E-state index is 11.7. The van der Waals surface area contributed by atoms with Gasteiger partial charge in [0, 0.05) is 13.5 Å². The monoisotopic (exact) mass is 299 g/mol. The summed E-state index contributed by atoms with van der Waals surface area (Å²) in [5, 5.41) is 3.71. The maximum Gasteiger partial charge on any atom is 0.358 e. The number of ketones is 1. The number of carbonyl (C=O) groups excluding carboxylic acids is 2. The minimum atomic E-state index is -0.546. The van der Waals surface area contributed by atoms with Crippen molar-refractivity contribution in [3.63, 3.8) is 0 Å². The molecule has 1 N–H and O–H groups in total. The van der Waals surface area contributed by atoms with Crippen molar-refractivity contribution in [1.82, 2.24) is 9.88 Å². The van der Waals surface area contributed by atoms with Gasteiger partial charge in [-0.1, -0.05) is 11.3 Å². The SMILES string of the molecule is CCOC(=O)c1nc(NCCCN(C)C)sc1C(C)=O. The van der Waals surface area contributed by atoms with Gasteiger partial charge < -0.3 is 15.0 Å². The Labute approximate surface area is 123 Å². The van der Waals surface area contributed by atoms with Crippen LogP contribution in [0.4, 0.5) is 5.13 Å². The molecule has 1 aromatic rings. The van der Waals surface area contributed by atoms with Crippen molar-refractivity contribution in [2.24, 2.45) is 0 Å². The Balaban J connectivity index is 2.71. The lowest BCUT2D eigenvalue weighted by atomic mass is 10.3. The quantitative estimate of drug-likeness (QED) is 0.449. The Kier molecular flexibility index (Phi) is 6.60. The van der Waals surface area contributed by atoms with E-state index in [-0.39, 0.29) is 18.1 Å². The predicted molar refractivity (Wildman–Crippen MR) is 79.7 cm³/mol. The summed E-state index contributed by atoms with van der Waals surface area (Å²) in [5.74, 6) is -0.720. The largest absolute Gasteiger partial charge is 0.461 e. The first kappa shape index (κ1) is 16.6. The molecule has 1 heterocycles. The van der Waals surface area contributed by atoms with E-state index in [0.29, 0.717) is 10.0 Å². The molecule has 0 unspecified atom stereocenters. The van der Waals surface area contributed by atoms with E-state index in [9.17, 15) is 9.59 Å². The van der Waals surface area contributed by atoms with Crippen molar-refractivity contribution in [2.45, 2.75) is 20.3 Å². The third-order valence-corrected chi connectivity index (χ3v) is 3.59. The molecule has 0 aliphatic heterocycles. The zero-order chi connectivity index (χ0) is 15.1. The molecular formula is C13H21N3O3S. The number of hydrogen-bond acceptors (Lipinski definition) is 7. The highest BCUT2D eigenvalue weighted by molar-refractivity contribution is 7.17. The number of rotatable bonds is 8. The average molecular weight is 299 g/mol. The molecule has 0 amide bonds. The molecule has 6 nitrogen and oxygen atoms in total. The Morgan fingerprint density at radius 3 is 2.65 bits per heavy atom. The standard InChI is InChI=1S/C13H21N3O3S/c1-5-19-12(18)10-11(9(2)17)20-13(15-10)14-7-6-8-16(3)4/h5-8H2,1-4H3,(H,14,15). The van der Waals surface area contributed by atoms with Crippen LogP contribution in [-0.2, 0) is 4.74 Å². The van der Waals surface area contributed by atoms with Gasteiger partial charge >= 0.3 is 5.97 Å². The summed E-state index contributed by atoms with van der Waals surface area (Å²) in [6, 6.07) is 0. The van der Waals surface area contributed by atoms with Gasteiger partial charge in [0.25, 0.3) is 0 Å². The van der Waals surface area contributed by atoms with E-state index in [4.69, 9.17) is 4.74 Å². The minimum absolute atomic E-state index is 0.111. The summed E-state index contributed by atoms with van der Waals surface area (Å²) in [6.45, 7) is 5.11. The Bertz CT molecular complexity index is 471. The van der Waals surface area contributed by atoms with Gasteiger partial charge in [-0.2, -0.15) is 0 Å². The van der Waals surface area contributed by atoms with Crippen molar-refractivity contribution in [3.05, 3.63) is 10.6 Å². The highest BCUT2D eigenvalue weighted by Gasteiger charge is 2.22. The molecule has 7 heteroatoms. The van der Waals surface area contributed by atoms with E-state index in [0.717, 1.165) is 19.5 Å². The average Bonchev–Trinajstić information content (AvgIpc) is 2.79. The number of carbonyl (C=O) groups is 2. The second-order valence-corrected chi connectivity index (χ2v) is 5.56. The fraction of sp³-hybridized carbons (Fsp3) is 0.615. The molecule has 0 spiro atoms. The number of Topliss-reactive ketones (excluding diaryl/α,β-unsaturated/α-hetero) is 1. The third kappa shape index (κ3) is 4.90. The second-order valence-electron chi connectivity index (χ2n) is 4.56. The van der Waals surface area contributed by atoms with Crippen LogP contribution < -0.4 is 5.32 Å². The van der Waals surface area contributed by atoms with Crippen LogP contribution in [0.5, 0.6) is 0 Å². The Morgan fingerprint density at radius 2 is 2.10 bits per heavy atom. The molecule has 0 saturated heterocycles. The van der Waals surface area contributed by atoms with E-state index in [1.807, 2.05) is 14.1 Å². The van der Waals surface area contributed by atoms with Crippen LogP contribution in [0.15, 0.2) is 0 Å². The molecule has 1 rings (SSSR count). The molecule has 0 atom stereocenters. The lowest BCUT2D eigenvalue weighted by Crippen LogP contribution is -2.16. The van der Waals surface area contributed by atoms with Crippen LogP contribution >= 0.6 is 11.3 Å². The first-order chi connectivity index (χ1) is 9.45. The van der Waals surface area contributed by atoms with Gasteiger partial charge in [-0.3, -0.25) is 4.79 Å². The second kappa shape index (κ2) is 7.96.